The number of rotatable bonds is 4. The molecule has 2 heterocycles. The summed E-state index contributed by atoms with van der Waals surface area (Å²) in [5.41, 5.74) is 2.06. The molecule has 2 N–H and O–H groups in total. The summed E-state index contributed by atoms with van der Waals surface area (Å²) in [6.45, 7) is 6.06. The lowest BCUT2D eigenvalue weighted by atomic mass is 10.1. The molecule has 5 heteroatoms. The van der Waals surface area contributed by atoms with E-state index in [0.717, 1.165) is 50.3 Å². The summed E-state index contributed by atoms with van der Waals surface area (Å²) in [4.78, 5) is 17.3. The minimum absolute atomic E-state index is 0.0777. The van der Waals surface area contributed by atoms with Crippen LogP contribution < -0.4 is 16.1 Å². The van der Waals surface area contributed by atoms with Gasteiger partial charge in [-0.2, -0.15) is 0 Å². The van der Waals surface area contributed by atoms with E-state index in [4.69, 9.17) is 0 Å². The Morgan fingerprint density at radius 1 is 1.21 bits per heavy atom. The molecule has 0 aliphatic carbocycles. The first-order chi connectivity index (χ1) is 11.8. The van der Waals surface area contributed by atoms with Gasteiger partial charge >= 0.3 is 0 Å². The van der Waals surface area contributed by atoms with Crippen molar-refractivity contribution in [2.24, 2.45) is 4.99 Å². The Morgan fingerprint density at radius 2 is 2.12 bits per heavy atom. The highest BCUT2D eigenvalue weighted by Crippen LogP contribution is 2.27. The van der Waals surface area contributed by atoms with Crippen LogP contribution in [0, 0.1) is 0 Å². The number of nitrogens with one attached hydrogen (secondary N) is 2. The van der Waals surface area contributed by atoms with Crippen LogP contribution >= 0.6 is 11.3 Å². The second kappa shape index (κ2) is 6.09. The number of anilines is 1. The minimum Gasteiger partial charge on any atom is -0.382 e. The van der Waals surface area contributed by atoms with Crippen LogP contribution in [0.3, 0.4) is 0 Å². The predicted octanol–water partition coefficient (Wildman–Crippen LogP) is 3.36. The topological polar surface area (TPSA) is 53.5 Å². The van der Waals surface area contributed by atoms with E-state index in [2.05, 4.69) is 28.3 Å². The van der Waals surface area contributed by atoms with Crippen molar-refractivity contribution in [3.8, 4) is 0 Å². The molecule has 1 aliphatic rings. The summed E-state index contributed by atoms with van der Waals surface area (Å²) < 4.78 is 1.99. The van der Waals surface area contributed by atoms with Gasteiger partial charge in [0.25, 0.3) is 0 Å². The molecule has 0 radical (unpaired) electrons. The molecule has 0 saturated carbocycles. The second-order valence-electron chi connectivity index (χ2n) is 5.68. The first kappa shape index (κ1) is 14.9. The molecule has 1 aliphatic heterocycles. The van der Waals surface area contributed by atoms with Crippen molar-refractivity contribution in [1.29, 1.82) is 0 Å². The largest absolute Gasteiger partial charge is 0.382 e. The van der Waals surface area contributed by atoms with Gasteiger partial charge in [0, 0.05) is 44.5 Å². The van der Waals surface area contributed by atoms with Crippen LogP contribution in [0.5, 0.6) is 0 Å². The summed E-state index contributed by atoms with van der Waals surface area (Å²) in [7, 11) is 0. The highest BCUT2D eigenvalue weighted by molar-refractivity contribution is 7.24. The van der Waals surface area contributed by atoms with Gasteiger partial charge in [-0.05, 0) is 30.3 Å². The van der Waals surface area contributed by atoms with Crippen molar-refractivity contribution >= 4 is 43.0 Å². The number of hydrogen-bond donors (Lipinski definition) is 2. The molecular formula is C19H17N3OS. The Balaban J connectivity index is 1.87. The zero-order chi connectivity index (χ0) is 16.5. The van der Waals surface area contributed by atoms with Gasteiger partial charge in [-0.1, -0.05) is 12.1 Å². The Kier molecular flexibility index (Phi) is 3.78. The third-order valence-electron chi connectivity index (χ3n) is 4.07. The molecule has 0 bridgehead atoms. The van der Waals surface area contributed by atoms with Crippen molar-refractivity contribution < 1.29 is 0 Å². The molecule has 4 rings (SSSR count). The van der Waals surface area contributed by atoms with Crippen molar-refractivity contribution in [2.75, 3.05) is 25.0 Å². The first-order valence-corrected chi connectivity index (χ1v) is 8.72. The van der Waals surface area contributed by atoms with Crippen LogP contribution in [0.1, 0.15) is 5.56 Å². The van der Waals surface area contributed by atoms with E-state index in [1.807, 2.05) is 30.3 Å². The molecule has 2 aromatic carbocycles. The van der Waals surface area contributed by atoms with Crippen LogP contribution in [0.15, 0.2) is 58.8 Å². The third kappa shape index (κ3) is 2.57. The Labute approximate surface area is 143 Å². The molecule has 0 spiro atoms. The van der Waals surface area contributed by atoms with Crippen LogP contribution in [0.4, 0.5) is 5.69 Å². The number of amidine groups is 1. The normalized spacial score (nSPS) is 13.8. The zero-order valence-electron chi connectivity index (χ0n) is 13.1. The van der Waals surface area contributed by atoms with Crippen molar-refractivity contribution in [3.05, 3.63) is 64.8 Å². The lowest BCUT2D eigenvalue weighted by Crippen LogP contribution is -2.19. The Hall–Kier alpha value is -2.66. The predicted molar refractivity (Wildman–Crippen MR) is 104 cm³/mol. The number of nitrogens with zero attached hydrogens (tertiary/aromatic N) is 1. The molecule has 4 nitrogen and oxygen atoms in total. The summed E-state index contributed by atoms with van der Waals surface area (Å²) in [5, 5.41) is 8.02. The molecule has 120 valence electrons. The fourth-order valence-corrected chi connectivity index (χ4v) is 3.98. The van der Waals surface area contributed by atoms with Gasteiger partial charge in [-0.25, -0.2) is 0 Å². The van der Waals surface area contributed by atoms with E-state index < -0.39 is 0 Å². The van der Waals surface area contributed by atoms with Gasteiger partial charge < -0.3 is 10.6 Å². The summed E-state index contributed by atoms with van der Waals surface area (Å²) in [6.07, 6.45) is 1.80. The van der Waals surface area contributed by atoms with Gasteiger partial charge in [0.2, 0.25) is 0 Å². The van der Waals surface area contributed by atoms with E-state index in [1.165, 1.54) is 0 Å². The van der Waals surface area contributed by atoms with Gasteiger partial charge in [0.05, 0.1) is 6.54 Å². The standard InChI is InChI=1S/C19H17N3OS/c1-2-7-20-13-4-6-16-15(11-13)18(23)14-5-3-12(10-17(14)24-16)19-21-8-9-22-19/h2-6,10-11,20H,1,7-9H2,(H,21,22). The van der Waals surface area contributed by atoms with Crippen LogP contribution in [0.25, 0.3) is 20.2 Å². The molecule has 0 atom stereocenters. The zero-order valence-corrected chi connectivity index (χ0v) is 14.0. The molecule has 0 fully saturated rings. The Bertz CT molecular complexity index is 1040. The maximum absolute atomic E-state index is 12.9. The number of fused-ring (bicyclic) bond motifs is 2. The quantitative estimate of drug-likeness (QED) is 0.568. The second-order valence-corrected chi connectivity index (χ2v) is 6.76. The van der Waals surface area contributed by atoms with Crippen LogP contribution in [-0.4, -0.2) is 25.5 Å². The maximum atomic E-state index is 12.9. The number of benzene rings is 2. The van der Waals surface area contributed by atoms with Crippen LogP contribution in [0.2, 0.25) is 0 Å². The van der Waals surface area contributed by atoms with Crippen molar-refractivity contribution in [2.45, 2.75) is 0 Å². The average molecular weight is 335 g/mol. The lowest BCUT2D eigenvalue weighted by Gasteiger charge is -2.07. The molecule has 1 aromatic heterocycles. The average Bonchev–Trinajstić information content (AvgIpc) is 3.14. The number of aliphatic imine (C=N–C) groups is 1. The van der Waals surface area contributed by atoms with Crippen molar-refractivity contribution in [1.82, 2.24) is 5.32 Å². The smallest absolute Gasteiger partial charge is 0.195 e. The van der Waals surface area contributed by atoms with Gasteiger partial charge in [-0.3, -0.25) is 9.79 Å². The monoisotopic (exact) mass is 335 g/mol. The fourth-order valence-electron chi connectivity index (χ4n) is 2.89. The van der Waals surface area contributed by atoms with E-state index in [9.17, 15) is 4.79 Å². The van der Waals surface area contributed by atoms with E-state index >= 15 is 0 Å². The van der Waals surface area contributed by atoms with E-state index in [-0.39, 0.29) is 5.43 Å². The highest BCUT2D eigenvalue weighted by Gasteiger charge is 2.11. The molecule has 0 saturated heterocycles. The lowest BCUT2D eigenvalue weighted by molar-refractivity contribution is 0.960. The minimum atomic E-state index is 0.0777. The van der Waals surface area contributed by atoms with Gasteiger partial charge in [0.15, 0.2) is 5.43 Å². The van der Waals surface area contributed by atoms with E-state index in [1.54, 1.807) is 17.4 Å². The van der Waals surface area contributed by atoms with E-state index in [0.29, 0.717) is 6.54 Å². The molecule has 0 unspecified atom stereocenters. The highest BCUT2D eigenvalue weighted by atomic mass is 32.1. The van der Waals surface area contributed by atoms with Gasteiger partial charge in [0.1, 0.15) is 5.84 Å². The first-order valence-electron chi connectivity index (χ1n) is 7.90. The third-order valence-corrected chi connectivity index (χ3v) is 5.20. The Morgan fingerprint density at radius 3 is 2.92 bits per heavy atom. The fraction of sp³-hybridized carbons (Fsp3) is 0.158. The SMILES string of the molecule is C=CCNc1ccc2sc3cc(C4=NCCN4)ccc3c(=O)c2c1. The van der Waals surface area contributed by atoms with Crippen molar-refractivity contribution in [3.63, 3.8) is 0 Å². The van der Waals surface area contributed by atoms with Crippen LogP contribution in [-0.2, 0) is 0 Å². The molecular weight excluding hydrogens is 318 g/mol. The summed E-state index contributed by atoms with van der Waals surface area (Å²) >= 11 is 1.64. The molecule has 0 amide bonds. The summed E-state index contributed by atoms with van der Waals surface area (Å²) in [5.74, 6) is 0.917. The van der Waals surface area contributed by atoms with Gasteiger partial charge in [-0.15, -0.1) is 17.9 Å². The number of hydrogen-bond acceptors (Lipinski definition) is 5. The maximum Gasteiger partial charge on any atom is 0.195 e. The summed E-state index contributed by atoms with van der Waals surface area (Å²) in [6, 6.07) is 11.9. The molecule has 24 heavy (non-hydrogen) atoms. The molecule has 3 aromatic rings.